The van der Waals surface area contributed by atoms with Crippen molar-refractivity contribution in [1.82, 2.24) is 20.7 Å². The maximum atomic E-state index is 12.9. The Labute approximate surface area is 226 Å². The first kappa shape index (κ1) is 27.7. The van der Waals surface area contributed by atoms with Gasteiger partial charge >= 0.3 is 5.97 Å². The van der Waals surface area contributed by atoms with Gasteiger partial charge in [-0.1, -0.05) is 29.8 Å². The Balaban J connectivity index is 1.38. The number of aliphatic imine (C=N–C) groups is 1. The summed E-state index contributed by atoms with van der Waals surface area (Å²) in [7, 11) is -4.05. The molecule has 4 rings (SSSR count). The molecule has 13 heteroatoms. The van der Waals surface area contributed by atoms with E-state index in [2.05, 4.69) is 30.6 Å². The van der Waals surface area contributed by atoms with E-state index in [1.54, 1.807) is 30.3 Å². The van der Waals surface area contributed by atoms with Gasteiger partial charge in [0.05, 0.1) is 22.0 Å². The van der Waals surface area contributed by atoms with Gasteiger partial charge in [-0.3, -0.25) is 14.6 Å². The highest BCUT2D eigenvalue weighted by Crippen LogP contribution is 2.29. The first-order valence-electron chi connectivity index (χ1n) is 12.4. The van der Waals surface area contributed by atoms with Gasteiger partial charge in [-0.25, -0.2) is 8.42 Å². The molecule has 2 aliphatic heterocycles. The van der Waals surface area contributed by atoms with Crippen molar-refractivity contribution in [2.45, 2.75) is 42.8 Å². The van der Waals surface area contributed by atoms with Crippen molar-refractivity contribution in [2.75, 3.05) is 31.1 Å². The van der Waals surface area contributed by atoms with E-state index in [9.17, 15) is 23.1 Å². The van der Waals surface area contributed by atoms with Gasteiger partial charge in [-0.15, -0.1) is 0 Å². The Bertz CT molecular complexity index is 1280. The second kappa shape index (κ2) is 12.5. The van der Waals surface area contributed by atoms with E-state index in [0.29, 0.717) is 11.1 Å². The zero-order valence-electron chi connectivity index (χ0n) is 20.7. The predicted octanol–water partition coefficient (Wildman–Crippen LogP) is 1.76. The number of aliphatic carboxylic acids is 1. The first-order chi connectivity index (χ1) is 18.2. The number of hydrogen-bond donors (Lipinski definition) is 5. The van der Waals surface area contributed by atoms with Crippen LogP contribution >= 0.6 is 11.6 Å². The van der Waals surface area contributed by atoms with Gasteiger partial charge in [0.15, 0.2) is 5.96 Å². The van der Waals surface area contributed by atoms with Crippen LogP contribution in [0.2, 0.25) is 5.02 Å². The van der Waals surface area contributed by atoms with Gasteiger partial charge in [0.2, 0.25) is 10.0 Å². The SMILES string of the molecule is O=C(O)CC(NC(=O)c1ccc(N2CCC(NC3=NCCCN3)CC2)c(Cl)c1)NS(=O)(=O)c1ccccc1. The fourth-order valence-electron chi connectivity index (χ4n) is 4.39. The lowest BCUT2D eigenvalue weighted by atomic mass is 10.0. The number of carboxylic acids is 1. The number of nitrogens with zero attached hydrogens (tertiary/aromatic N) is 2. The number of rotatable bonds is 9. The number of carbonyl (C=O) groups is 2. The van der Waals surface area contributed by atoms with Crippen LogP contribution in [0.15, 0.2) is 58.4 Å². The topological polar surface area (TPSA) is 152 Å². The van der Waals surface area contributed by atoms with Gasteiger partial charge < -0.3 is 26.0 Å². The third kappa shape index (κ3) is 7.36. The fraction of sp³-hybridized carbons (Fsp3) is 0.400. The summed E-state index contributed by atoms with van der Waals surface area (Å²) >= 11 is 6.53. The van der Waals surface area contributed by atoms with Crippen molar-refractivity contribution in [2.24, 2.45) is 4.99 Å². The highest BCUT2D eigenvalue weighted by Gasteiger charge is 2.26. The molecule has 1 unspecified atom stereocenters. The number of carboxylic acid groups (broad SMARTS) is 1. The summed E-state index contributed by atoms with van der Waals surface area (Å²) < 4.78 is 27.6. The molecule has 11 nitrogen and oxygen atoms in total. The quantitative estimate of drug-likeness (QED) is 0.290. The third-order valence-corrected chi connectivity index (χ3v) is 8.11. The Morgan fingerprint density at radius 3 is 2.53 bits per heavy atom. The Morgan fingerprint density at radius 2 is 1.89 bits per heavy atom. The largest absolute Gasteiger partial charge is 0.481 e. The van der Waals surface area contributed by atoms with Crippen molar-refractivity contribution < 1.29 is 23.1 Å². The molecule has 0 radical (unpaired) electrons. The molecule has 2 aliphatic rings. The second-order valence-corrected chi connectivity index (χ2v) is 11.3. The molecule has 1 atom stereocenters. The Hall–Kier alpha value is -3.35. The van der Waals surface area contributed by atoms with Gasteiger partial charge in [-0.2, -0.15) is 4.72 Å². The van der Waals surface area contributed by atoms with Crippen LogP contribution < -0.4 is 25.6 Å². The summed E-state index contributed by atoms with van der Waals surface area (Å²) in [6.07, 6.45) is 0.835. The van der Waals surface area contributed by atoms with Crippen LogP contribution in [0.1, 0.15) is 36.0 Å². The number of hydrogen-bond acceptors (Lipinski definition) is 8. The summed E-state index contributed by atoms with van der Waals surface area (Å²) in [4.78, 5) is 30.8. The number of nitrogens with one attached hydrogen (secondary N) is 4. The monoisotopic (exact) mass is 562 g/mol. The average Bonchev–Trinajstić information content (AvgIpc) is 2.89. The Morgan fingerprint density at radius 1 is 1.16 bits per heavy atom. The van der Waals surface area contributed by atoms with Crippen LogP contribution in [0.3, 0.4) is 0 Å². The van der Waals surface area contributed by atoms with E-state index in [4.69, 9.17) is 11.6 Å². The molecule has 0 spiro atoms. The number of halogens is 1. The van der Waals surface area contributed by atoms with Gasteiger partial charge in [0.25, 0.3) is 5.91 Å². The van der Waals surface area contributed by atoms with Crippen molar-refractivity contribution in [3.8, 4) is 0 Å². The highest BCUT2D eigenvalue weighted by molar-refractivity contribution is 7.89. The van der Waals surface area contributed by atoms with Crippen LogP contribution in [-0.4, -0.2) is 69.7 Å². The molecule has 2 heterocycles. The van der Waals surface area contributed by atoms with Crippen molar-refractivity contribution in [3.63, 3.8) is 0 Å². The number of amides is 1. The molecule has 1 saturated heterocycles. The van der Waals surface area contributed by atoms with Gasteiger partial charge in [-0.05, 0) is 49.6 Å². The lowest BCUT2D eigenvalue weighted by Crippen LogP contribution is -2.50. The van der Waals surface area contributed by atoms with Crippen molar-refractivity contribution in [3.05, 3.63) is 59.1 Å². The average molecular weight is 563 g/mol. The molecular weight excluding hydrogens is 532 g/mol. The zero-order valence-corrected chi connectivity index (χ0v) is 22.3. The summed E-state index contributed by atoms with van der Waals surface area (Å²) in [5.74, 6) is -1.07. The molecule has 0 aliphatic carbocycles. The molecule has 2 aromatic carbocycles. The zero-order chi connectivity index (χ0) is 27.1. The summed E-state index contributed by atoms with van der Waals surface area (Å²) in [5, 5.41) is 18.8. The van der Waals surface area contributed by atoms with E-state index < -0.39 is 34.5 Å². The van der Waals surface area contributed by atoms with Gasteiger partial charge in [0, 0.05) is 37.8 Å². The fourth-order valence-corrected chi connectivity index (χ4v) is 5.85. The number of sulfonamides is 1. The third-order valence-electron chi connectivity index (χ3n) is 6.32. The molecule has 1 fully saturated rings. The van der Waals surface area contributed by atoms with E-state index in [0.717, 1.165) is 57.1 Å². The minimum absolute atomic E-state index is 0.0426. The second-order valence-electron chi connectivity index (χ2n) is 9.14. The number of guanidine groups is 1. The van der Waals surface area contributed by atoms with Crippen LogP contribution in [0.4, 0.5) is 5.69 Å². The minimum Gasteiger partial charge on any atom is -0.481 e. The standard InChI is InChI=1S/C25H31ClN6O5S/c26-20-15-17(7-8-21(20)32-13-9-18(10-14-32)29-25-27-11-4-12-28-25)24(35)30-22(16-23(33)34)31-38(36,37)19-5-2-1-3-6-19/h1-3,5-8,15,18,22,31H,4,9-14,16H2,(H,30,35)(H,33,34)(H2,27,28,29). The molecular formula is C25H31ClN6O5S. The number of piperidine rings is 1. The molecule has 38 heavy (non-hydrogen) atoms. The van der Waals surface area contributed by atoms with E-state index in [1.807, 2.05) is 0 Å². The van der Waals surface area contributed by atoms with Crippen LogP contribution in [0, 0.1) is 0 Å². The minimum atomic E-state index is -4.05. The summed E-state index contributed by atoms with van der Waals surface area (Å²) in [6, 6.07) is 12.7. The smallest absolute Gasteiger partial charge is 0.306 e. The summed E-state index contributed by atoms with van der Waals surface area (Å²) in [6.45, 7) is 3.31. The lowest BCUT2D eigenvalue weighted by molar-refractivity contribution is -0.137. The van der Waals surface area contributed by atoms with Crippen LogP contribution in [0.5, 0.6) is 0 Å². The number of anilines is 1. The summed E-state index contributed by atoms with van der Waals surface area (Å²) in [5.41, 5.74) is 0.979. The van der Waals surface area contributed by atoms with Gasteiger partial charge in [0.1, 0.15) is 6.17 Å². The number of benzene rings is 2. The van der Waals surface area contributed by atoms with Crippen LogP contribution in [-0.2, 0) is 14.8 Å². The highest BCUT2D eigenvalue weighted by atomic mass is 35.5. The predicted molar refractivity (Wildman–Crippen MR) is 145 cm³/mol. The van der Waals surface area contributed by atoms with Crippen molar-refractivity contribution >= 4 is 45.1 Å². The first-order valence-corrected chi connectivity index (χ1v) is 14.3. The maximum absolute atomic E-state index is 12.9. The van der Waals surface area contributed by atoms with E-state index >= 15 is 0 Å². The Kier molecular flexibility index (Phi) is 9.08. The molecule has 2 aromatic rings. The molecule has 0 bridgehead atoms. The van der Waals surface area contributed by atoms with E-state index in [1.165, 1.54) is 18.2 Å². The number of carbonyl (C=O) groups excluding carboxylic acids is 1. The maximum Gasteiger partial charge on any atom is 0.306 e. The van der Waals surface area contributed by atoms with E-state index in [-0.39, 0.29) is 10.5 Å². The molecule has 1 amide bonds. The molecule has 0 aromatic heterocycles. The molecule has 204 valence electrons. The molecule has 5 N–H and O–H groups in total. The van der Waals surface area contributed by atoms with Crippen molar-refractivity contribution in [1.29, 1.82) is 0 Å². The van der Waals surface area contributed by atoms with Crippen LogP contribution in [0.25, 0.3) is 0 Å². The lowest BCUT2D eigenvalue weighted by Gasteiger charge is -2.35. The normalized spacial score (nSPS) is 17.2. The molecule has 0 saturated carbocycles.